The summed E-state index contributed by atoms with van der Waals surface area (Å²) in [5, 5.41) is 0. The smallest absolute Gasteiger partial charge is 0.0639 e. The molecule has 0 unspecified atom stereocenters. The summed E-state index contributed by atoms with van der Waals surface area (Å²) in [5.41, 5.74) is 11.6. The Morgan fingerprint density at radius 2 is 1.11 bits per heavy atom. The molecule has 45 heavy (non-hydrogen) atoms. The van der Waals surface area contributed by atoms with Gasteiger partial charge in [-0.2, -0.15) is 0 Å². The Bertz CT molecular complexity index is 1300. The maximum absolute atomic E-state index is 5.14. The van der Waals surface area contributed by atoms with E-state index in [9.17, 15) is 0 Å². The zero-order chi connectivity index (χ0) is 32.1. The van der Waals surface area contributed by atoms with Gasteiger partial charge in [0.2, 0.25) is 0 Å². The van der Waals surface area contributed by atoms with Gasteiger partial charge in [-0.05, 0) is 110 Å². The summed E-state index contributed by atoms with van der Waals surface area (Å²) in [5.74, 6) is 0. The standard InChI is InChI=1S/C43H62N2/c1-6-10-13-16-17-21-27-38-32-41(30-29-36(38)24-19-14-11-7-2)44-34-40(9-4)45-42-31-35(5)43(37-25-22-18-23-26-37)39(33-42)28-20-15-12-8-3/h18,22-23,25-26,29-34H,6-17,19-21,24,27-28H2,1-5H3. The van der Waals surface area contributed by atoms with Crippen LogP contribution in [0.15, 0.2) is 70.6 Å². The van der Waals surface area contributed by atoms with Gasteiger partial charge >= 0.3 is 0 Å². The lowest BCUT2D eigenvalue weighted by atomic mass is 9.91. The average molecular weight is 607 g/mol. The molecule has 0 aliphatic rings. The minimum Gasteiger partial charge on any atom is -0.255 e. The van der Waals surface area contributed by atoms with Crippen molar-refractivity contribution in [2.75, 3.05) is 0 Å². The molecule has 0 heterocycles. The zero-order valence-electron chi connectivity index (χ0n) is 29.5. The largest absolute Gasteiger partial charge is 0.255 e. The number of aliphatic imine (C=N–C) groups is 2. The highest BCUT2D eigenvalue weighted by molar-refractivity contribution is 6.31. The molecule has 2 heteroatoms. The molecule has 244 valence electrons. The van der Waals surface area contributed by atoms with Crippen LogP contribution in [0.3, 0.4) is 0 Å². The lowest BCUT2D eigenvalue weighted by molar-refractivity contribution is 0.605. The summed E-state index contributed by atoms with van der Waals surface area (Å²) in [6, 6.07) is 22.4. The van der Waals surface area contributed by atoms with Crippen LogP contribution in [0.1, 0.15) is 146 Å². The Kier molecular flexibility index (Phi) is 17.6. The fourth-order valence-corrected chi connectivity index (χ4v) is 6.38. The van der Waals surface area contributed by atoms with Crippen LogP contribution >= 0.6 is 0 Å². The third kappa shape index (κ3) is 13.1. The average Bonchev–Trinajstić information content (AvgIpc) is 3.06. The first-order valence-electron chi connectivity index (χ1n) is 18.5. The second-order valence-electron chi connectivity index (χ2n) is 13.0. The molecule has 0 aromatic heterocycles. The number of benzene rings is 3. The van der Waals surface area contributed by atoms with Gasteiger partial charge in [0.15, 0.2) is 0 Å². The molecule has 3 aromatic carbocycles. The van der Waals surface area contributed by atoms with E-state index in [2.05, 4.69) is 95.3 Å². The van der Waals surface area contributed by atoms with Gasteiger partial charge in [0.05, 0.1) is 17.1 Å². The molecule has 0 radical (unpaired) electrons. The normalized spacial score (nSPS) is 12.0. The molecule has 0 saturated heterocycles. The summed E-state index contributed by atoms with van der Waals surface area (Å²) >= 11 is 0. The highest BCUT2D eigenvalue weighted by Gasteiger charge is 2.11. The third-order valence-electron chi connectivity index (χ3n) is 9.05. The van der Waals surface area contributed by atoms with Crippen molar-refractivity contribution in [1.29, 1.82) is 0 Å². The van der Waals surface area contributed by atoms with Crippen LogP contribution in [0.4, 0.5) is 11.4 Å². The van der Waals surface area contributed by atoms with Crippen LogP contribution in [0.2, 0.25) is 0 Å². The molecule has 3 rings (SSSR count). The molecule has 2 nitrogen and oxygen atoms in total. The van der Waals surface area contributed by atoms with E-state index in [-0.39, 0.29) is 0 Å². The molecule has 0 fully saturated rings. The second kappa shape index (κ2) is 21.7. The number of rotatable bonds is 22. The summed E-state index contributed by atoms with van der Waals surface area (Å²) in [4.78, 5) is 10.1. The van der Waals surface area contributed by atoms with Crippen molar-refractivity contribution in [3.05, 3.63) is 82.9 Å². The molecule has 0 amide bonds. The van der Waals surface area contributed by atoms with Gasteiger partial charge in [0.25, 0.3) is 0 Å². The quantitative estimate of drug-likeness (QED) is 0.0803. The van der Waals surface area contributed by atoms with Gasteiger partial charge in [0.1, 0.15) is 0 Å². The Morgan fingerprint density at radius 1 is 0.556 bits per heavy atom. The molecule has 0 aliphatic carbocycles. The van der Waals surface area contributed by atoms with Crippen molar-refractivity contribution >= 4 is 23.3 Å². The number of aryl methyl sites for hydroxylation is 4. The minimum absolute atomic E-state index is 0.856. The number of hydrogen-bond acceptors (Lipinski definition) is 2. The predicted octanol–water partition coefficient (Wildman–Crippen LogP) is 13.7. The Balaban J connectivity index is 1.82. The van der Waals surface area contributed by atoms with E-state index in [4.69, 9.17) is 9.98 Å². The Hall–Kier alpha value is -3.00. The maximum Gasteiger partial charge on any atom is 0.0639 e. The highest BCUT2D eigenvalue weighted by atomic mass is 14.8. The molecule has 0 spiro atoms. The van der Waals surface area contributed by atoms with E-state index in [1.54, 1.807) is 0 Å². The Labute approximate surface area is 276 Å². The summed E-state index contributed by atoms with van der Waals surface area (Å²) < 4.78 is 0. The fourth-order valence-electron chi connectivity index (χ4n) is 6.38. The van der Waals surface area contributed by atoms with Gasteiger partial charge in [-0.1, -0.05) is 135 Å². The topological polar surface area (TPSA) is 24.7 Å². The van der Waals surface area contributed by atoms with Crippen LogP contribution in [0.25, 0.3) is 11.1 Å². The summed E-state index contributed by atoms with van der Waals surface area (Å²) in [7, 11) is 0. The van der Waals surface area contributed by atoms with Crippen molar-refractivity contribution in [2.45, 2.75) is 150 Å². The minimum atomic E-state index is 0.856. The number of hydrogen-bond donors (Lipinski definition) is 0. The van der Waals surface area contributed by atoms with Crippen molar-refractivity contribution in [1.82, 2.24) is 0 Å². The third-order valence-corrected chi connectivity index (χ3v) is 9.05. The van der Waals surface area contributed by atoms with Crippen molar-refractivity contribution in [2.24, 2.45) is 9.98 Å². The fraction of sp³-hybridized carbons (Fsp3) is 0.535. The van der Waals surface area contributed by atoms with Crippen LogP contribution in [0, 0.1) is 6.92 Å². The van der Waals surface area contributed by atoms with Crippen LogP contribution in [-0.2, 0) is 19.3 Å². The molecule has 3 aromatic rings. The van der Waals surface area contributed by atoms with Gasteiger partial charge in [-0.25, -0.2) is 0 Å². The van der Waals surface area contributed by atoms with E-state index >= 15 is 0 Å². The molecule has 0 bridgehead atoms. The monoisotopic (exact) mass is 606 g/mol. The predicted molar refractivity (Wildman–Crippen MR) is 201 cm³/mol. The van der Waals surface area contributed by atoms with Crippen molar-refractivity contribution in [3.8, 4) is 11.1 Å². The highest BCUT2D eigenvalue weighted by Crippen LogP contribution is 2.33. The maximum atomic E-state index is 5.14. The molecule has 0 atom stereocenters. The first-order chi connectivity index (χ1) is 22.1. The van der Waals surface area contributed by atoms with Crippen molar-refractivity contribution < 1.29 is 0 Å². The Morgan fingerprint density at radius 3 is 1.76 bits per heavy atom. The lowest BCUT2D eigenvalue weighted by Crippen LogP contribution is -1.99. The first-order valence-corrected chi connectivity index (χ1v) is 18.5. The van der Waals surface area contributed by atoms with Gasteiger partial charge < -0.3 is 0 Å². The lowest BCUT2D eigenvalue weighted by Gasteiger charge is -2.15. The first kappa shape index (κ1) is 36.5. The zero-order valence-corrected chi connectivity index (χ0v) is 29.5. The number of unbranched alkanes of at least 4 members (excludes halogenated alkanes) is 11. The molecule has 0 N–H and O–H groups in total. The van der Waals surface area contributed by atoms with E-state index in [1.165, 1.54) is 136 Å². The van der Waals surface area contributed by atoms with Crippen LogP contribution < -0.4 is 0 Å². The molecule has 0 saturated carbocycles. The van der Waals surface area contributed by atoms with Gasteiger partial charge in [-0.3, -0.25) is 9.98 Å². The van der Waals surface area contributed by atoms with E-state index in [1.807, 2.05) is 6.21 Å². The van der Waals surface area contributed by atoms with E-state index in [0.29, 0.717) is 0 Å². The molecule has 0 aliphatic heterocycles. The number of nitrogens with zero attached hydrogens (tertiary/aromatic N) is 2. The SMILES string of the molecule is CCCCCCCCc1cc(N=CC(CC)=Nc2cc(C)c(-c3ccccc3)c(CCCCCC)c2)ccc1CCCCCC. The molecular weight excluding hydrogens is 544 g/mol. The van der Waals surface area contributed by atoms with Crippen LogP contribution in [-0.4, -0.2) is 11.9 Å². The van der Waals surface area contributed by atoms with Gasteiger partial charge in [-0.15, -0.1) is 0 Å². The van der Waals surface area contributed by atoms with Gasteiger partial charge in [0, 0.05) is 6.21 Å². The van der Waals surface area contributed by atoms with E-state index in [0.717, 1.165) is 29.9 Å². The summed E-state index contributed by atoms with van der Waals surface area (Å²) in [6.07, 6.45) is 24.6. The van der Waals surface area contributed by atoms with E-state index < -0.39 is 0 Å². The van der Waals surface area contributed by atoms with Crippen LogP contribution in [0.5, 0.6) is 0 Å². The van der Waals surface area contributed by atoms with Crippen molar-refractivity contribution in [3.63, 3.8) is 0 Å². The molecular formula is C43H62N2. The summed E-state index contributed by atoms with van der Waals surface area (Å²) in [6.45, 7) is 11.3. The second-order valence-corrected chi connectivity index (χ2v) is 13.0.